The molecule has 1 aromatic carbocycles. The maximum Gasteiger partial charge on any atom is 0.240 e. The van der Waals surface area contributed by atoms with Crippen LogP contribution < -0.4 is 11.1 Å². The lowest BCUT2D eigenvalue weighted by Gasteiger charge is -2.09. The van der Waals surface area contributed by atoms with Gasteiger partial charge in [-0.05, 0) is 42.5 Å². The molecule has 3 N–H and O–H groups in total. The monoisotopic (exact) mass is 246 g/mol. The lowest BCUT2D eigenvalue weighted by atomic mass is 10.2. The minimum Gasteiger partial charge on any atom is -0.325 e. The first-order chi connectivity index (χ1) is 8.58. The van der Waals surface area contributed by atoms with Gasteiger partial charge in [-0.15, -0.1) is 5.10 Å². The van der Waals surface area contributed by atoms with Crippen molar-refractivity contribution in [3.05, 3.63) is 30.1 Å². The summed E-state index contributed by atoms with van der Waals surface area (Å²) in [4.78, 5) is 11.5. The van der Waals surface area contributed by atoms with E-state index < -0.39 is 6.04 Å². The first-order valence-electron chi connectivity index (χ1n) is 5.50. The number of aryl methyl sites for hydroxylation is 1. The van der Waals surface area contributed by atoms with Gasteiger partial charge in [0.15, 0.2) is 5.82 Å². The van der Waals surface area contributed by atoms with Gasteiger partial charge in [-0.25, -0.2) is 0 Å². The summed E-state index contributed by atoms with van der Waals surface area (Å²) >= 11 is 0. The Balaban J connectivity index is 2.26. The summed E-state index contributed by atoms with van der Waals surface area (Å²) in [5.41, 5.74) is 6.93. The van der Waals surface area contributed by atoms with Crippen LogP contribution in [0.25, 0.3) is 5.69 Å². The van der Waals surface area contributed by atoms with Gasteiger partial charge in [-0.2, -0.15) is 4.68 Å². The number of tetrazole rings is 1. The van der Waals surface area contributed by atoms with Gasteiger partial charge in [0.2, 0.25) is 5.91 Å². The summed E-state index contributed by atoms with van der Waals surface area (Å²) in [5.74, 6) is 0.436. The average molecular weight is 246 g/mol. The highest BCUT2D eigenvalue weighted by Gasteiger charge is 2.09. The van der Waals surface area contributed by atoms with Crippen molar-refractivity contribution in [2.45, 2.75) is 19.9 Å². The van der Waals surface area contributed by atoms with Crippen LogP contribution in [0, 0.1) is 6.92 Å². The van der Waals surface area contributed by atoms with E-state index in [1.54, 1.807) is 30.7 Å². The molecule has 2 aromatic rings. The van der Waals surface area contributed by atoms with E-state index in [1.165, 1.54) is 0 Å². The molecule has 2 rings (SSSR count). The van der Waals surface area contributed by atoms with Gasteiger partial charge in [-0.1, -0.05) is 6.07 Å². The first-order valence-corrected chi connectivity index (χ1v) is 5.50. The Hall–Kier alpha value is -2.28. The summed E-state index contributed by atoms with van der Waals surface area (Å²) in [6.07, 6.45) is 0. The lowest BCUT2D eigenvalue weighted by Crippen LogP contribution is -2.32. The minimum atomic E-state index is -0.552. The second kappa shape index (κ2) is 4.92. The van der Waals surface area contributed by atoms with Crippen LogP contribution in [0.5, 0.6) is 0 Å². The summed E-state index contributed by atoms with van der Waals surface area (Å²) < 4.78 is 1.58. The highest BCUT2D eigenvalue weighted by molar-refractivity contribution is 5.94. The fourth-order valence-corrected chi connectivity index (χ4v) is 1.44. The topological polar surface area (TPSA) is 98.7 Å². The second-order valence-electron chi connectivity index (χ2n) is 3.97. The Labute approximate surface area is 104 Å². The molecule has 0 aliphatic heterocycles. The van der Waals surface area contributed by atoms with Gasteiger partial charge in [0.25, 0.3) is 0 Å². The molecule has 0 aliphatic carbocycles. The fraction of sp³-hybridized carbons (Fsp3) is 0.273. The molecule has 94 valence electrons. The third-order valence-corrected chi connectivity index (χ3v) is 2.40. The van der Waals surface area contributed by atoms with Crippen molar-refractivity contribution in [3.63, 3.8) is 0 Å². The smallest absolute Gasteiger partial charge is 0.240 e. The number of anilines is 1. The number of nitrogens with zero attached hydrogens (tertiary/aromatic N) is 4. The van der Waals surface area contributed by atoms with E-state index in [1.807, 2.05) is 12.1 Å². The molecule has 7 nitrogen and oxygen atoms in total. The fourth-order valence-electron chi connectivity index (χ4n) is 1.44. The zero-order valence-corrected chi connectivity index (χ0v) is 10.2. The molecule has 1 amide bonds. The van der Waals surface area contributed by atoms with Gasteiger partial charge in [0.1, 0.15) is 0 Å². The van der Waals surface area contributed by atoms with Gasteiger partial charge in [0, 0.05) is 5.69 Å². The van der Waals surface area contributed by atoms with E-state index in [9.17, 15) is 4.79 Å². The van der Waals surface area contributed by atoms with Crippen molar-refractivity contribution in [2.24, 2.45) is 5.73 Å². The Bertz CT molecular complexity index is 562. The van der Waals surface area contributed by atoms with Crippen molar-refractivity contribution < 1.29 is 4.79 Å². The molecule has 0 unspecified atom stereocenters. The van der Waals surface area contributed by atoms with Crippen LogP contribution in [0.1, 0.15) is 12.7 Å². The van der Waals surface area contributed by atoms with Crippen LogP contribution in [0.4, 0.5) is 5.69 Å². The van der Waals surface area contributed by atoms with Crippen LogP contribution in [0.3, 0.4) is 0 Å². The number of hydrogen-bond acceptors (Lipinski definition) is 5. The van der Waals surface area contributed by atoms with Gasteiger partial charge in [-0.3, -0.25) is 4.79 Å². The van der Waals surface area contributed by atoms with Crippen LogP contribution in [-0.4, -0.2) is 32.2 Å². The van der Waals surface area contributed by atoms with Crippen LogP contribution in [0.2, 0.25) is 0 Å². The van der Waals surface area contributed by atoms with Crippen molar-refractivity contribution in [1.29, 1.82) is 0 Å². The lowest BCUT2D eigenvalue weighted by molar-refractivity contribution is -0.117. The number of amides is 1. The van der Waals surface area contributed by atoms with Gasteiger partial charge >= 0.3 is 0 Å². The zero-order valence-electron chi connectivity index (χ0n) is 10.2. The van der Waals surface area contributed by atoms with Crippen LogP contribution >= 0.6 is 0 Å². The highest BCUT2D eigenvalue weighted by Crippen LogP contribution is 2.14. The number of carbonyl (C=O) groups is 1. The zero-order chi connectivity index (χ0) is 13.1. The first kappa shape index (κ1) is 12.2. The molecular formula is C11H14N6O. The molecule has 0 saturated heterocycles. The maximum absolute atomic E-state index is 11.5. The number of benzene rings is 1. The summed E-state index contributed by atoms with van der Waals surface area (Å²) in [7, 11) is 0. The van der Waals surface area contributed by atoms with E-state index in [2.05, 4.69) is 20.8 Å². The van der Waals surface area contributed by atoms with E-state index in [-0.39, 0.29) is 5.91 Å². The van der Waals surface area contributed by atoms with Crippen molar-refractivity contribution in [2.75, 3.05) is 5.32 Å². The van der Waals surface area contributed by atoms with Crippen LogP contribution in [-0.2, 0) is 4.79 Å². The Morgan fingerprint density at radius 3 is 2.89 bits per heavy atom. The molecule has 0 saturated carbocycles. The summed E-state index contributed by atoms with van der Waals surface area (Å²) in [6.45, 7) is 3.43. The maximum atomic E-state index is 11.5. The molecular weight excluding hydrogens is 232 g/mol. The number of carbonyl (C=O) groups excluding carboxylic acids is 1. The number of nitrogens with two attached hydrogens (primary N) is 1. The Morgan fingerprint density at radius 1 is 1.50 bits per heavy atom. The molecule has 0 radical (unpaired) electrons. The second-order valence-corrected chi connectivity index (χ2v) is 3.97. The number of nitrogens with one attached hydrogen (secondary N) is 1. The van der Waals surface area contributed by atoms with E-state index in [4.69, 9.17) is 5.73 Å². The van der Waals surface area contributed by atoms with E-state index in [0.717, 1.165) is 5.69 Å². The normalized spacial score (nSPS) is 12.2. The van der Waals surface area contributed by atoms with E-state index in [0.29, 0.717) is 11.5 Å². The standard InChI is InChI=1S/C11H14N6O/c1-7(12)11(18)13-9-4-3-5-10(6-9)17-8(2)14-15-16-17/h3-7H,12H2,1-2H3,(H,13,18)/t7-/m1/s1. The van der Waals surface area contributed by atoms with Crippen molar-refractivity contribution in [3.8, 4) is 5.69 Å². The van der Waals surface area contributed by atoms with E-state index >= 15 is 0 Å². The molecule has 0 spiro atoms. The molecule has 1 aromatic heterocycles. The number of aromatic nitrogens is 4. The number of hydrogen-bond donors (Lipinski definition) is 2. The van der Waals surface area contributed by atoms with Crippen LogP contribution in [0.15, 0.2) is 24.3 Å². The predicted molar refractivity (Wildman–Crippen MR) is 66.2 cm³/mol. The Kier molecular flexibility index (Phi) is 3.33. The molecule has 0 bridgehead atoms. The Morgan fingerprint density at radius 2 is 2.28 bits per heavy atom. The third kappa shape index (κ3) is 2.51. The van der Waals surface area contributed by atoms with Crippen molar-refractivity contribution >= 4 is 11.6 Å². The summed E-state index contributed by atoms with van der Waals surface area (Å²) in [5, 5.41) is 14.0. The average Bonchev–Trinajstić information content (AvgIpc) is 2.75. The highest BCUT2D eigenvalue weighted by atomic mass is 16.2. The van der Waals surface area contributed by atoms with Gasteiger partial charge < -0.3 is 11.1 Å². The molecule has 18 heavy (non-hydrogen) atoms. The molecule has 0 aliphatic rings. The molecule has 1 atom stereocenters. The molecule has 1 heterocycles. The SMILES string of the molecule is Cc1nnnn1-c1cccc(NC(=O)[C@@H](C)N)c1. The van der Waals surface area contributed by atoms with Gasteiger partial charge in [0.05, 0.1) is 11.7 Å². The minimum absolute atomic E-state index is 0.236. The quantitative estimate of drug-likeness (QED) is 0.809. The molecule has 7 heteroatoms. The predicted octanol–water partition coefficient (Wildman–Crippen LogP) is 0.256. The number of rotatable bonds is 3. The molecule has 0 fully saturated rings. The summed E-state index contributed by atoms with van der Waals surface area (Å²) in [6, 6.07) is 6.68. The third-order valence-electron chi connectivity index (χ3n) is 2.40. The van der Waals surface area contributed by atoms with Crippen molar-refractivity contribution in [1.82, 2.24) is 20.2 Å². The largest absolute Gasteiger partial charge is 0.325 e.